The highest BCUT2D eigenvalue weighted by Crippen LogP contribution is 2.35. The third-order valence-electron chi connectivity index (χ3n) is 6.11. The van der Waals surface area contributed by atoms with Crippen molar-refractivity contribution in [2.45, 2.75) is 6.54 Å². The number of benzene rings is 4. The Morgan fingerprint density at radius 1 is 0.800 bits per heavy atom. The fourth-order valence-corrected chi connectivity index (χ4v) is 4.48. The van der Waals surface area contributed by atoms with Crippen molar-refractivity contribution >= 4 is 16.6 Å². The highest BCUT2D eigenvalue weighted by Gasteiger charge is 2.21. The summed E-state index contributed by atoms with van der Waals surface area (Å²) in [6, 6.07) is 31.2. The van der Waals surface area contributed by atoms with E-state index < -0.39 is 4.92 Å². The zero-order valence-electron chi connectivity index (χ0n) is 19.0. The second-order valence-corrected chi connectivity index (χ2v) is 8.14. The SMILES string of the molecule is COc1ccccc1Cn1c(-c2ccccc2)c(-c2ccc([N+](=O)[O-])cc2)c(=O)c2ccccc21. The zero-order valence-corrected chi connectivity index (χ0v) is 19.0. The fraction of sp³-hybridized carbons (Fsp3) is 0.0690. The molecule has 0 atom stereocenters. The summed E-state index contributed by atoms with van der Waals surface area (Å²) in [7, 11) is 1.64. The predicted octanol–water partition coefficient (Wildman–Crippen LogP) is 6.30. The van der Waals surface area contributed by atoms with E-state index in [9.17, 15) is 14.9 Å². The average molecular weight is 463 g/mol. The molecule has 6 heteroatoms. The second kappa shape index (κ2) is 9.27. The van der Waals surface area contributed by atoms with Crippen LogP contribution in [0.3, 0.4) is 0 Å². The van der Waals surface area contributed by atoms with Crippen molar-refractivity contribution in [2.75, 3.05) is 7.11 Å². The molecule has 0 aliphatic heterocycles. The lowest BCUT2D eigenvalue weighted by Gasteiger charge is -2.22. The van der Waals surface area contributed by atoms with Gasteiger partial charge in [0.25, 0.3) is 5.69 Å². The van der Waals surface area contributed by atoms with Crippen molar-refractivity contribution in [3.05, 3.63) is 129 Å². The number of nitrogens with zero attached hydrogens (tertiary/aromatic N) is 2. The predicted molar refractivity (Wildman–Crippen MR) is 138 cm³/mol. The lowest BCUT2D eigenvalue weighted by Crippen LogP contribution is -2.17. The summed E-state index contributed by atoms with van der Waals surface area (Å²) >= 11 is 0. The number of hydrogen-bond donors (Lipinski definition) is 0. The first-order valence-electron chi connectivity index (χ1n) is 11.2. The van der Waals surface area contributed by atoms with Crippen LogP contribution in [0.5, 0.6) is 5.75 Å². The maximum atomic E-state index is 13.9. The van der Waals surface area contributed by atoms with Gasteiger partial charge in [0, 0.05) is 23.1 Å². The van der Waals surface area contributed by atoms with Gasteiger partial charge in [0.05, 0.1) is 35.4 Å². The molecule has 6 nitrogen and oxygen atoms in total. The minimum atomic E-state index is -0.442. The van der Waals surface area contributed by atoms with Gasteiger partial charge in [0.15, 0.2) is 5.43 Å². The van der Waals surface area contributed by atoms with Gasteiger partial charge in [0.1, 0.15) is 5.75 Å². The summed E-state index contributed by atoms with van der Waals surface area (Å²) in [6.45, 7) is 0.467. The highest BCUT2D eigenvalue weighted by atomic mass is 16.6. The normalized spacial score (nSPS) is 10.9. The topological polar surface area (TPSA) is 74.4 Å². The van der Waals surface area contributed by atoms with Gasteiger partial charge in [-0.15, -0.1) is 0 Å². The lowest BCUT2D eigenvalue weighted by molar-refractivity contribution is -0.384. The number of aromatic nitrogens is 1. The summed E-state index contributed by atoms with van der Waals surface area (Å²) in [5.74, 6) is 0.756. The molecule has 5 aromatic rings. The number of pyridine rings is 1. The van der Waals surface area contributed by atoms with Gasteiger partial charge in [-0.05, 0) is 41.5 Å². The van der Waals surface area contributed by atoms with E-state index >= 15 is 0 Å². The van der Waals surface area contributed by atoms with E-state index in [2.05, 4.69) is 4.57 Å². The Balaban J connectivity index is 1.88. The first-order valence-corrected chi connectivity index (χ1v) is 11.2. The monoisotopic (exact) mass is 462 g/mol. The molecular formula is C29H22N2O4. The molecule has 172 valence electrons. The Labute approximate surface area is 201 Å². The maximum Gasteiger partial charge on any atom is 0.269 e. The number of para-hydroxylation sites is 2. The molecule has 0 fully saturated rings. The number of nitro benzene ring substituents is 1. The summed E-state index contributed by atoms with van der Waals surface area (Å²) < 4.78 is 7.74. The Bertz CT molecular complexity index is 1590. The summed E-state index contributed by atoms with van der Waals surface area (Å²) in [5.41, 5.74) is 4.37. The van der Waals surface area contributed by atoms with Crippen LogP contribution in [0.15, 0.2) is 108 Å². The third-order valence-corrected chi connectivity index (χ3v) is 6.11. The fourth-order valence-electron chi connectivity index (χ4n) is 4.48. The first-order chi connectivity index (χ1) is 17.1. The van der Waals surface area contributed by atoms with Crippen LogP contribution >= 0.6 is 0 Å². The Kier molecular flexibility index (Phi) is 5.85. The quantitative estimate of drug-likeness (QED) is 0.219. The average Bonchev–Trinajstić information content (AvgIpc) is 2.91. The van der Waals surface area contributed by atoms with E-state index in [1.54, 1.807) is 19.2 Å². The molecule has 0 saturated heterocycles. The van der Waals surface area contributed by atoms with E-state index in [0.29, 0.717) is 23.1 Å². The molecule has 0 unspecified atom stereocenters. The van der Waals surface area contributed by atoms with E-state index in [4.69, 9.17) is 4.74 Å². The van der Waals surface area contributed by atoms with E-state index in [-0.39, 0.29) is 11.1 Å². The minimum Gasteiger partial charge on any atom is -0.496 e. The second-order valence-electron chi connectivity index (χ2n) is 8.14. The molecule has 0 amide bonds. The van der Waals surface area contributed by atoms with Crippen molar-refractivity contribution < 1.29 is 9.66 Å². The molecule has 0 aliphatic carbocycles. The lowest BCUT2D eigenvalue weighted by atomic mass is 9.95. The van der Waals surface area contributed by atoms with E-state index in [0.717, 1.165) is 28.1 Å². The van der Waals surface area contributed by atoms with E-state index in [1.165, 1.54) is 12.1 Å². The number of methoxy groups -OCH3 is 1. The van der Waals surface area contributed by atoms with Gasteiger partial charge in [-0.25, -0.2) is 0 Å². The van der Waals surface area contributed by atoms with Crippen LogP contribution in [0.2, 0.25) is 0 Å². The molecule has 0 spiro atoms. The van der Waals surface area contributed by atoms with Crippen molar-refractivity contribution in [3.63, 3.8) is 0 Å². The molecular weight excluding hydrogens is 440 g/mol. The molecule has 4 aromatic carbocycles. The number of rotatable bonds is 6. The molecule has 0 radical (unpaired) electrons. The molecule has 1 aromatic heterocycles. The van der Waals surface area contributed by atoms with Gasteiger partial charge in [-0.1, -0.05) is 60.7 Å². The number of hydrogen-bond acceptors (Lipinski definition) is 4. The third kappa shape index (κ3) is 4.06. The van der Waals surface area contributed by atoms with Gasteiger partial charge in [-0.3, -0.25) is 14.9 Å². The first kappa shape index (κ1) is 22.1. The van der Waals surface area contributed by atoms with Crippen molar-refractivity contribution in [1.82, 2.24) is 4.57 Å². The van der Waals surface area contributed by atoms with Crippen LogP contribution < -0.4 is 10.2 Å². The smallest absolute Gasteiger partial charge is 0.269 e. The molecule has 0 bridgehead atoms. The summed E-state index contributed by atoms with van der Waals surface area (Å²) in [4.78, 5) is 24.7. The van der Waals surface area contributed by atoms with Crippen LogP contribution in [0.25, 0.3) is 33.3 Å². The van der Waals surface area contributed by atoms with Crippen LogP contribution in [0.1, 0.15) is 5.56 Å². The number of ether oxygens (including phenoxy) is 1. The van der Waals surface area contributed by atoms with Gasteiger partial charge in [0.2, 0.25) is 0 Å². The van der Waals surface area contributed by atoms with Crippen molar-refractivity contribution in [2.24, 2.45) is 0 Å². The molecule has 0 N–H and O–H groups in total. The van der Waals surface area contributed by atoms with Gasteiger partial charge >= 0.3 is 0 Å². The van der Waals surface area contributed by atoms with Gasteiger partial charge < -0.3 is 9.30 Å². The summed E-state index contributed by atoms with van der Waals surface area (Å²) in [6.07, 6.45) is 0. The van der Waals surface area contributed by atoms with Crippen molar-refractivity contribution in [3.8, 4) is 28.1 Å². The number of fused-ring (bicyclic) bond motifs is 1. The zero-order chi connectivity index (χ0) is 24.4. The molecule has 1 heterocycles. The summed E-state index contributed by atoms with van der Waals surface area (Å²) in [5, 5.41) is 11.8. The Hall–Kier alpha value is -4.71. The van der Waals surface area contributed by atoms with Crippen LogP contribution in [0, 0.1) is 10.1 Å². The van der Waals surface area contributed by atoms with Crippen LogP contribution in [-0.4, -0.2) is 16.6 Å². The van der Waals surface area contributed by atoms with Crippen LogP contribution in [-0.2, 0) is 6.54 Å². The molecule has 5 rings (SSSR count). The largest absolute Gasteiger partial charge is 0.496 e. The highest BCUT2D eigenvalue weighted by molar-refractivity contribution is 5.92. The van der Waals surface area contributed by atoms with Crippen molar-refractivity contribution in [1.29, 1.82) is 0 Å². The minimum absolute atomic E-state index is 0.0230. The van der Waals surface area contributed by atoms with Crippen LogP contribution in [0.4, 0.5) is 5.69 Å². The molecule has 0 aliphatic rings. The molecule has 0 saturated carbocycles. The molecule has 35 heavy (non-hydrogen) atoms. The Morgan fingerprint density at radius 3 is 2.17 bits per heavy atom. The van der Waals surface area contributed by atoms with Gasteiger partial charge in [-0.2, -0.15) is 0 Å². The number of non-ortho nitro benzene ring substituents is 1. The number of nitro groups is 1. The maximum absolute atomic E-state index is 13.9. The van der Waals surface area contributed by atoms with E-state index in [1.807, 2.05) is 78.9 Å². The standard InChI is InChI=1S/C29H22N2O4/c1-35-26-14-8-5-11-22(26)19-30-25-13-7-6-12-24(25)29(32)27(28(30)21-9-3-2-4-10-21)20-15-17-23(18-16-20)31(33)34/h2-18H,19H2,1H3. The Morgan fingerprint density at radius 2 is 1.46 bits per heavy atom.